The molecule has 0 radical (unpaired) electrons. The van der Waals surface area contributed by atoms with Gasteiger partial charge < -0.3 is 4.74 Å². The molecule has 0 spiro atoms. The van der Waals surface area contributed by atoms with E-state index in [-0.39, 0.29) is 12.1 Å². The second-order valence-corrected chi connectivity index (χ2v) is 4.16. The molecule has 1 atom stereocenters. The summed E-state index contributed by atoms with van der Waals surface area (Å²) in [5.41, 5.74) is 1.46. The molecule has 4 heteroatoms. The van der Waals surface area contributed by atoms with Crippen molar-refractivity contribution in [2.45, 2.75) is 38.8 Å². The molecule has 2 heterocycles. The molecule has 2 rings (SSSR count). The maximum absolute atomic E-state index is 10.9. The summed E-state index contributed by atoms with van der Waals surface area (Å²) in [5.74, 6) is 0. The van der Waals surface area contributed by atoms with Crippen molar-refractivity contribution in [3.63, 3.8) is 0 Å². The minimum atomic E-state index is 0.0187. The fourth-order valence-electron chi connectivity index (χ4n) is 1.82. The van der Waals surface area contributed by atoms with Crippen molar-refractivity contribution in [3.8, 4) is 0 Å². The van der Waals surface area contributed by atoms with Gasteiger partial charge in [0.05, 0.1) is 5.56 Å². The number of carbonyl (C=O) groups excluding carboxylic acids is 1. The predicted octanol–water partition coefficient (Wildman–Crippen LogP) is 2.13. The Morgan fingerprint density at radius 2 is 2.47 bits per heavy atom. The lowest BCUT2D eigenvalue weighted by Gasteiger charge is -2.07. The van der Waals surface area contributed by atoms with Gasteiger partial charge in [0.25, 0.3) is 0 Å². The van der Waals surface area contributed by atoms with Crippen LogP contribution in [0.25, 0.3) is 0 Å². The molecule has 1 unspecified atom stereocenters. The van der Waals surface area contributed by atoms with Gasteiger partial charge in [0.2, 0.25) is 0 Å². The van der Waals surface area contributed by atoms with Crippen LogP contribution in [0.2, 0.25) is 0 Å². The van der Waals surface area contributed by atoms with Crippen molar-refractivity contribution in [2.24, 2.45) is 0 Å². The van der Waals surface area contributed by atoms with E-state index >= 15 is 0 Å². The highest BCUT2D eigenvalue weighted by Gasteiger charge is 2.24. The average Bonchev–Trinajstić information content (AvgIpc) is 2.86. The molecule has 1 aliphatic heterocycles. The van der Waals surface area contributed by atoms with Crippen LogP contribution in [0.15, 0.2) is 6.20 Å². The quantitative estimate of drug-likeness (QED) is 0.715. The first kappa shape index (κ1) is 10.4. The highest BCUT2D eigenvalue weighted by atomic mass is 16.5. The minimum absolute atomic E-state index is 0.0187. The Hall–Kier alpha value is -1.16. The molecule has 1 saturated heterocycles. The summed E-state index contributed by atoms with van der Waals surface area (Å²) in [5, 5.41) is 4.42. The van der Waals surface area contributed by atoms with Crippen molar-refractivity contribution in [1.29, 1.82) is 0 Å². The smallest absolute Gasteiger partial charge is 0.153 e. The zero-order valence-electron chi connectivity index (χ0n) is 9.14. The lowest BCUT2D eigenvalue weighted by atomic mass is 10.1. The molecule has 0 aliphatic carbocycles. The number of aromatic nitrogens is 2. The third-order valence-corrected chi connectivity index (χ3v) is 2.68. The van der Waals surface area contributed by atoms with Crippen LogP contribution >= 0.6 is 0 Å². The van der Waals surface area contributed by atoms with E-state index in [9.17, 15) is 4.79 Å². The number of carbonyl (C=O) groups is 1. The van der Waals surface area contributed by atoms with Gasteiger partial charge in [-0.15, -0.1) is 0 Å². The highest BCUT2D eigenvalue weighted by Crippen LogP contribution is 2.29. The number of aldehydes is 1. The van der Waals surface area contributed by atoms with Crippen molar-refractivity contribution in [1.82, 2.24) is 9.78 Å². The van der Waals surface area contributed by atoms with Crippen LogP contribution in [0.1, 0.15) is 54.9 Å². The fourth-order valence-corrected chi connectivity index (χ4v) is 1.82. The molecular weight excluding hydrogens is 192 g/mol. The molecular formula is C11H16N2O2. The Morgan fingerprint density at radius 1 is 1.67 bits per heavy atom. The van der Waals surface area contributed by atoms with E-state index in [1.807, 2.05) is 18.5 Å². The number of nitrogens with zero attached hydrogens (tertiary/aromatic N) is 2. The molecule has 1 aliphatic rings. The number of ether oxygens (including phenoxy) is 1. The zero-order chi connectivity index (χ0) is 10.8. The van der Waals surface area contributed by atoms with Crippen molar-refractivity contribution in [3.05, 3.63) is 17.5 Å². The van der Waals surface area contributed by atoms with Gasteiger partial charge in [-0.05, 0) is 26.7 Å². The van der Waals surface area contributed by atoms with Gasteiger partial charge in [-0.2, -0.15) is 5.10 Å². The second kappa shape index (κ2) is 4.14. The lowest BCUT2D eigenvalue weighted by Crippen LogP contribution is -2.04. The third-order valence-electron chi connectivity index (χ3n) is 2.68. The minimum Gasteiger partial charge on any atom is -0.372 e. The predicted molar refractivity (Wildman–Crippen MR) is 55.9 cm³/mol. The van der Waals surface area contributed by atoms with Gasteiger partial charge in [0.1, 0.15) is 11.8 Å². The number of hydrogen-bond acceptors (Lipinski definition) is 3. The van der Waals surface area contributed by atoms with E-state index in [1.165, 1.54) is 0 Å². The Morgan fingerprint density at radius 3 is 3.00 bits per heavy atom. The number of hydrogen-bond donors (Lipinski definition) is 0. The van der Waals surface area contributed by atoms with Crippen molar-refractivity contribution < 1.29 is 9.53 Å². The van der Waals surface area contributed by atoms with E-state index in [1.54, 1.807) is 6.20 Å². The summed E-state index contributed by atoms with van der Waals surface area (Å²) in [6, 6.07) is 0.277. The fraction of sp³-hybridized carbons (Fsp3) is 0.636. The van der Waals surface area contributed by atoms with Crippen LogP contribution in [0.4, 0.5) is 0 Å². The van der Waals surface area contributed by atoms with Crippen molar-refractivity contribution >= 4 is 6.29 Å². The summed E-state index contributed by atoms with van der Waals surface area (Å²) >= 11 is 0. The normalized spacial score (nSPS) is 21.1. The molecule has 0 N–H and O–H groups in total. The maximum Gasteiger partial charge on any atom is 0.153 e. The van der Waals surface area contributed by atoms with E-state index in [2.05, 4.69) is 5.10 Å². The first-order chi connectivity index (χ1) is 7.22. The van der Waals surface area contributed by atoms with E-state index in [0.29, 0.717) is 5.56 Å². The van der Waals surface area contributed by atoms with E-state index < -0.39 is 0 Å². The molecule has 1 aromatic heterocycles. The van der Waals surface area contributed by atoms with E-state index in [4.69, 9.17) is 4.74 Å². The molecule has 0 bridgehead atoms. The summed E-state index contributed by atoms with van der Waals surface area (Å²) in [6.07, 6.45) is 4.70. The Kier molecular flexibility index (Phi) is 2.86. The van der Waals surface area contributed by atoms with Gasteiger partial charge in [0.15, 0.2) is 6.29 Å². The third kappa shape index (κ3) is 1.95. The molecule has 0 saturated carbocycles. The first-order valence-electron chi connectivity index (χ1n) is 5.38. The zero-order valence-corrected chi connectivity index (χ0v) is 9.14. The van der Waals surface area contributed by atoms with Crippen LogP contribution in [0.5, 0.6) is 0 Å². The summed E-state index contributed by atoms with van der Waals surface area (Å²) in [4.78, 5) is 10.9. The van der Waals surface area contributed by atoms with Gasteiger partial charge in [-0.3, -0.25) is 9.48 Å². The van der Waals surface area contributed by atoms with Crippen LogP contribution < -0.4 is 0 Å². The molecule has 15 heavy (non-hydrogen) atoms. The molecule has 1 fully saturated rings. The SMILES string of the molecule is CC(C)n1cc(C=O)c(C2CCCO2)n1. The van der Waals surface area contributed by atoms with Gasteiger partial charge in [0, 0.05) is 18.8 Å². The molecule has 4 nitrogen and oxygen atoms in total. The molecule has 82 valence electrons. The van der Waals surface area contributed by atoms with Gasteiger partial charge >= 0.3 is 0 Å². The Bertz CT molecular complexity index is 351. The summed E-state index contributed by atoms with van der Waals surface area (Å²) in [7, 11) is 0. The molecule has 0 amide bonds. The monoisotopic (exact) mass is 208 g/mol. The first-order valence-corrected chi connectivity index (χ1v) is 5.38. The Labute approximate surface area is 89.2 Å². The summed E-state index contributed by atoms with van der Waals surface area (Å²) in [6.45, 7) is 4.86. The largest absolute Gasteiger partial charge is 0.372 e. The standard InChI is InChI=1S/C11H16N2O2/c1-8(2)13-6-9(7-14)11(12-13)10-4-3-5-15-10/h6-8,10H,3-5H2,1-2H3. The van der Waals surface area contributed by atoms with Crippen LogP contribution in [0, 0.1) is 0 Å². The van der Waals surface area contributed by atoms with Crippen LogP contribution in [-0.4, -0.2) is 22.7 Å². The topological polar surface area (TPSA) is 44.1 Å². The number of rotatable bonds is 3. The lowest BCUT2D eigenvalue weighted by molar-refractivity contribution is 0.103. The Balaban J connectivity index is 2.31. The van der Waals surface area contributed by atoms with E-state index in [0.717, 1.165) is 31.4 Å². The average molecular weight is 208 g/mol. The van der Waals surface area contributed by atoms with Crippen molar-refractivity contribution in [2.75, 3.05) is 6.61 Å². The highest BCUT2D eigenvalue weighted by molar-refractivity contribution is 5.76. The second-order valence-electron chi connectivity index (χ2n) is 4.16. The molecule has 1 aromatic rings. The van der Waals surface area contributed by atoms with Crippen LogP contribution in [0.3, 0.4) is 0 Å². The summed E-state index contributed by atoms with van der Waals surface area (Å²) < 4.78 is 7.36. The van der Waals surface area contributed by atoms with Gasteiger partial charge in [-0.1, -0.05) is 0 Å². The maximum atomic E-state index is 10.9. The van der Waals surface area contributed by atoms with Crippen LogP contribution in [-0.2, 0) is 4.74 Å². The molecule has 0 aromatic carbocycles. The van der Waals surface area contributed by atoms with Gasteiger partial charge in [-0.25, -0.2) is 0 Å².